The number of aliphatic carboxylic acids is 3. The Kier molecular flexibility index (Phi) is 10.8. The first-order valence-corrected chi connectivity index (χ1v) is 8.25. The number of hydrogen-bond acceptors (Lipinski definition) is 7. The molecule has 0 radical (unpaired) electrons. The Morgan fingerprint density at radius 3 is 1.64 bits per heavy atom. The van der Waals surface area contributed by atoms with Crippen LogP contribution < -0.4 is 22.1 Å². The average Bonchev–Trinajstić information content (AvgIpc) is 2.58. The van der Waals surface area contributed by atoms with Crippen LogP contribution in [0, 0.1) is 0 Å². The van der Waals surface area contributed by atoms with Crippen LogP contribution in [-0.4, -0.2) is 69.1 Å². The Morgan fingerprint density at radius 1 is 0.714 bits per heavy atom. The van der Waals surface area contributed by atoms with E-state index in [2.05, 4.69) is 10.6 Å². The van der Waals surface area contributed by atoms with E-state index in [0.29, 0.717) is 0 Å². The molecule has 3 amide bonds. The van der Waals surface area contributed by atoms with Crippen molar-refractivity contribution in [2.45, 2.75) is 56.7 Å². The van der Waals surface area contributed by atoms with Gasteiger partial charge in [0, 0.05) is 19.3 Å². The summed E-state index contributed by atoms with van der Waals surface area (Å²) in [6, 6.07) is -4.15. The molecule has 0 fully saturated rings. The van der Waals surface area contributed by atoms with Crippen LogP contribution in [-0.2, 0) is 28.8 Å². The van der Waals surface area contributed by atoms with E-state index in [1.165, 1.54) is 0 Å². The van der Waals surface area contributed by atoms with E-state index in [1.807, 2.05) is 0 Å². The SMILES string of the molecule is NC(=O)CCC(NC(=O)C(N)CCC(=O)O)C(=O)NC(CCC(=O)O)C(=O)O. The van der Waals surface area contributed by atoms with Crippen molar-refractivity contribution >= 4 is 35.6 Å². The van der Waals surface area contributed by atoms with E-state index in [1.54, 1.807) is 0 Å². The van der Waals surface area contributed by atoms with Crippen molar-refractivity contribution < 1.29 is 44.1 Å². The molecule has 0 aromatic rings. The van der Waals surface area contributed by atoms with Crippen molar-refractivity contribution in [3.63, 3.8) is 0 Å². The van der Waals surface area contributed by atoms with Gasteiger partial charge in [-0.25, -0.2) is 4.79 Å². The number of nitrogens with two attached hydrogens (primary N) is 2. The van der Waals surface area contributed by atoms with Crippen molar-refractivity contribution in [2.24, 2.45) is 11.5 Å². The number of amides is 3. The van der Waals surface area contributed by atoms with Gasteiger partial charge in [-0.15, -0.1) is 0 Å². The van der Waals surface area contributed by atoms with Crippen molar-refractivity contribution in [3.05, 3.63) is 0 Å². The summed E-state index contributed by atoms with van der Waals surface area (Å²) in [5.74, 6) is -6.53. The predicted molar refractivity (Wildman–Crippen MR) is 91.6 cm³/mol. The molecule has 158 valence electrons. The summed E-state index contributed by atoms with van der Waals surface area (Å²) >= 11 is 0. The number of primary amides is 1. The summed E-state index contributed by atoms with van der Waals surface area (Å²) in [5.41, 5.74) is 10.6. The lowest BCUT2D eigenvalue weighted by atomic mass is 10.1. The molecule has 0 aromatic heterocycles. The predicted octanol–water partition coefficient (Wildman–Crippen LogP) is -2.64. The minimum absolute atomic E-state index is 0.207. The molecule has 0 heterocycles. The number of carbonyl (C=O) groups is 6. The Hall–Kier alpha value is -3.22. The fourth-order valence-corrected chi connectivity index (χ4v) is 2.04. The number of carbonyl (C=O) groups excluding carboxylic acids is 3. The first kappa shape index (κ1) is 24.8. The van der Waals surface area contributed by atoms with Gasteiger partial charge >= 0.3 is 17.9 Å². The molecule has 0 rings (SSSR count). The van der Waals surface area contributed by atoms with Crippen LogP contribution in [0.15, 0.2) is 0 Å². The molecule has 0 aliphatic carbocycles. The van der Waals surface area contributed by atoms with E-state index >= 15 is 0 Å². The molecule has 9 N–H and O–H groups in total. The molecule has 0 saturated carbocycles. The minimum atomic E-state index is -1.53. The van der Waals surface area contributed by atoms with Crippen LogP contribution in [0.3, 0.4) is 0 Å². The van der Waals surface area contributed by atoms with Gasteiger partial charge in [0.15, 0.2) is 0 Å². The van der Waals surface area contributed by atoms with Gasteiger partial charge in [0.05, 0.1) is 6.04 Å². The summed E-state index contributed by atoms with van der Waals surface area (Å²) < 4.78 is 0. The van der Waals surface area contributed by atoms with E-state index in [0.717, 1.165) is 0 Å². The minimum Gasteiger partial charge on any atom is -0.481 e. The molecule has 0 aliphatic heterocycles. The van der Waals surface area contributed by atoms with Gasteiger partial charge in [-0.2, -0.15) is 0 Å². The van der Waals surface area contributed by atoms with Crippen molar-refractivity contribution in [1.82, 2.24) is 10.6 Å². The lowest BCUT2D eigenvalue weighted by molar-refractivity contribution is -0.143. The van der Waals surface area contributed by atoms with Crippen LogP contribution in [0.4, 0.5) is 0 Å². The maximum atomic E-state index is 12.3. The van der Waals surface area contributed by atoms with E-state index in [-0.39, 0.29) is 25.7 Å². The Morgan fingerprint density at radius 2 is 1.18 bits per heavy atom. The normalized spacial score (nSPS) is 13.6. The zero-order valence-electron chi connectivity index (χ0n) is 14.9. The van der Waals surface area contributed by atoms with Crippen molar-refractivity contribution in [2.75, 3.05) is 0 Å². The molecule has 13 heteroatoms. The van der Waals surface area contributed by atoms with E-state index < -0.39 is 66.6 Å². The van der Waals surface area contributed by atoms with Crippen LogP contribution in [0.25, 0.3) is 0 Å². The monoisotopic (exact) mass is 404 g/mol. The molecular weight excluding hydrogens is 380 g/mol. The molecule has 3 unspecified atom stereocenters. The van der Waals surface area contributed by atoms with Gasteiger partial charge in [-0.1, -0.05) is 0 Å². The summed E-state index contributed by atoms with van der Waals surface area (Å²) in [7, 11) is 0. The second kappa shape index (κ2) is 12.2. The number of rotatable bonds is 14. The largest absolute Gasteiger partial charge is 0.481 e. The molecule has 0 aromatic carbocycles. The van der Waals surface area contributed by atoms with Crippen LogP contribution in [0.2, 0.25) is 0 Å². The molecule has 0 spiro atoms. The molecular formula is C15H24N4O9. The van der Waals surface area contributed by atoms with Gasteiger partial charge in [0.2, 0.25) is 17.7 Å². The molecule has 0 bridgehead atoms. The highest BCUT2D eigenvalue weighted by atomic mass is 16.4. The number of carboxylic acids is 3. The van der Waals surface area contributed by atoms with E-state index in [4.69, 9.17) is 26.8 Å². The first-order chi connectivity index (χ1) is 12.9. The third kappa shape index (κ3) is 10.7. The summed E-state index contributed by atoms with van der Waals surface area (Å²) in [5, 5.41) is 30.6. The highest BCUT2D eigenvalue weighted by Gasteiger charge is 2.28. The maximum Gasteiger partial charge on any atom is 0.326 e. The van der Waals surface area contributed by atoms with E-state index in [9.17, 15) is 28.8 Å². The molecule has 3 atom stereocenters. The van der Waals surface area contributed by atoms with Crippen LogP contribution >= 0.6 is 0 Å². The zero-order valence-corrected chi connectivity index (χ0v) is 14.9. The second-order valence-corrected chi connectivity index (χ2v) is 5.94. The highest BCUT2D eigenvalue weighted by molar-refractivity contribution is 5.92. The van der Waals surface area contributed by atoms with Crippen LogP contribution in [0.1, 0.15) is 38.5 Å². The number of nitrogens with one attached hydrogen (secondary N) is 2. The maximum absolute atomic E-state index is 12.3. The summed E-state index contributed by atoms with van der Waals surface area (Å²) in [6.07, 6.45) is -2.08. The molecule has 0 aliphatic rings. The zero-order chi connectivity index (χ0) is 21.9. The van der Waals surface area contributed by atoms with Gasteiger partial charge < -0.3 is 37.4 Å². The quantitative estimate of drug-likeness (QED) is 0.159. The van der Waals surface area contributed by atoms with Crippen LogP contribution in [0.5, 0.6) is 0 Å². The number of hydrogen-bond donors (Lipinski definition) is 7. The first-order valence-electron chi connectivity index (χ1n) is 8.25. The molecule has 28 heavy (non-hydrogen) atoms. The Balaban J connectivity index is 5.08. The van der Waals surface area contributed by atoms with Gasteiger partial charge in [0.25, 0.3) is 0 Å². The smallest absolute Gasteiger partial charge is 0.326 e. The fourth-order valence-electron chi connectivity index (χ4n) is 2.04. The highest BCUT2D eigenvalue weighted by Crippen LogP contribution is 2.04. The van der Waals surface area contributed by atoms with Crippen molar-refractivity contribution in [1.29, 1.82) is 0 Å². The Labute approximate surface area is 159 Å². The summed E-state index contributed by atoms with van der Waals surface area (Å²) in [6.45, 7) is 0. The van der Waals surface area contributed by atoms with Crippen molar-refractivity contribution in [3.8, 4) is 0 Å². The standard InChI is InChI=1S/C15H24N4O9/c16-7(1-5-11(21)22)13(25)18-8(2-4-10(17)20)14(26)19-9(15(27)28)3-6-12(23)24/h7-9H,1-6,16H2,(H2,17,20)(H,18,25)(H,19,26)(H,21,22)(H,23,24)(H,27,28). The third-order valence-electron chi connectivity index (χ3n) is 3.58. The second-order valence-electron chi connectivity index (χ2n) is 5.94. The average molecular weight is 404 g/mol. The number of carboxylic acid groups (broad SMARTS) is 3. The third-order valence-corrected chi connectivity index (χ3v) is 3.58. The topological polar surface area (TPSA) is 239 Å². The fraction of sp³-hybridized carbons (Fsp3) is 0.600. The molecule has 13 nitrogen and oxygen atoms in total. The lowest BCUT2D eigenvalue weighted by Gasteiger charge is -2.22. The Bertz CT molecular complexity index is 623. The van der Waals surface area contributed by atoms with Gasteiger partial charge in [0.1, 0.15) is 12.1 Å². The molecule has 0 saturated heterocycles. The van der Waals surface area contributed by atoms with Gasteiger partial charge in [-0.3, -0.25) is 24.0 Å². The lowest BCUT2D eigenvalue weighted by Crippen LogP contribution is -2.54. The van der Waals surface area contributed by atoms with Gasteiger partial charge in [-0.05, 0) is 19.3 Å². The summed E-state index contributed by atoms with van der Waals surface area (Å²) in [4.78, 5) is 67.6.